The van der Waals surface area contributed by atoms with E-state index >= 15 is 0 Å². The van der Waals surface area contributed by atoms with Gasteiger partial charge in [0.05, 0.1) is 12.7 Å². The molecule has 152 valence electrons. The zero-order chi connectivity index (χ0) is 18.2. The van der Waals surface area contributed by atoms with Gasteiger partial charge in [0, 0.05) is 11.5 Å². The Morgan fingerprint density at radius 2 is 1.93 bits per heavy atom. The number of benzene rings is 1. The zero-order valence-electron chi connectivity index (χ0n) is 17.1. The molecule has 3 nitrogen and oxygen atoms in total. The molecule has 27 heavy (non-hydrogen) atoms. The molecule has 1 aromatic rings. The summed E-state index contributed by atoms with van der Waals surface area (Å²) in [6, 6.07) is 8.55. The van der Waals surface area contributed by atoms with Crippen LogP contribution in [0.3, 0.4) is 0 Å². The predicted octanol–water partition coefficient (Wildman–Crippen LogP) is 5.53. The first-order chi connectivity index (χ1) is 12.5. The molecule has 0 unspecified atom stereocenters. The summed E-state index contributed by atoms with van der Waals surface area (Å²) in [6.07, 6.45) is 7.54. The monoisotopic (exact) mass is 393 g/mol. The van der Waals surface area contributed by atoms with Crippen LogP contribution in [0.25, 0.3) is 0 Å². The lowest BCUT2D eigenvalue weighted by molar-refractivity contribution is -0.176. The third kappa shape index (κ3) is 4.16. The Labute approximate surface area is 171 Å². The SMILES string of the molecule is CC(C)CCC[C@]1(C)Oc2ccccc2[C@H]2OCC3(CCNCC3)C[C@@H]21.Cl. The second-order valence-corrected chi connectivity index (χ2v) is 9.53. The molecular weight excluding hydrogens is 358 g/mol. The Hall–Kier alpha value is -0.770. The van der Waals surface area contributed by atoms with Gasteiger partial charge >= 0.3 is 0 Å². The van der Waals surface area contributed by atoms with Gasteiger partial charge in [0.2, 0.25) is 0 Å². The van der Waals surface area contributed by atoms with Gasteiger partial charge in [0.1, 0.15) is 11.4 Å². The third-order valence-electron chi connectivity index (χ3n) is 7.06. The number of ether oxygens (including phenoxy) is 2. The number of rotatable bonds is 4. The van der Waals surface area contributed by atoms with Gasteiger partial charge in [-0.3, -0.25) is 0 Å². The molecule has 3 atom stereocenters. The molecule has 2 fully saturated rings. The summed E-state index contributed by atoms with van der Waals surface area (Å²) >= 11 is 0. The normalized spacial score (nSPS) is 31.6. The summed E-state index contributed by atoms with van der Waals surface area (Å²) in [5.74, 6) is 2.25. The van der Waals surface area contributed by atoms with Crippen molar-refractivity contribution in [3.8, 4) is 5.75 Å². The molecule has 0 aliphatic carbocycles. The summed E-state index contributed by atoms with van der Waals surface area (Å²) in [5, 5.41) is 3.52. The first-order valence-electron chi connectivity index (χ1n) is 10.6. The lowest BCUT2D eigenvalue weighted by Crippen LogP contribution is -2.55. The molecule has 3 aliphatic heterocycles. The lowest BCUT2D eigenvalue weighted by Gasteiger charge is -2.54. The molecule has 1 N–H and O–H groups in total. The predicted molar refractivity (Wildman–Crippen MR) is 113 cm³/mol. The third-order valence-corrected chi connectivity index (χ3v) is 7.06. The zero-order valence-corrected chi connectivity index (χ0v) is 17.9. The van der Waals surface area contributed by atoms with E-state index in [0.717, 1.165) is 37.8 Å². The molecule has 0 amide bonds. The van der Waals surface area contributed by atoms with E-state index in [-0.39, 0.29) is 24.1 Å². The van der Waals surface area contributed by atoms with Gasteiger partial charge < -0.3 is 14.8 Å². The van der Waals surface area contributed by atoms with Crippen LogP contribution in [0.1, 0.15) is 71.0 Å². The van der Waals surface area contributed by atoms with Crippen LogP contribution >= 0.6 is 12.4 Å². The number of hydrogen-bond donors (Lipinski definition) is 1. The van der Waals surface area contributed by atoms with E-state index in [1.165, 1.54) is 37.7 Å². The molecule has 1 spiro atoms. The second kappa shape index (κ2) is 8.31. The molecule has 2 saturated heterocycles. The summed E-state index contributed by atoms with van der Waals surface area (Å²) in [4.78, 5) is 0. The molecule has 3 aliphatic rings. The summed E-state index contributed by atoms with van der Waals surface area (Å²) in [5.41, 5.74) is 1.50. The summed E-state index contributed by atoms with van der Waals surface area (Å²) in [7, 11) is 0. The maximum absolute atomic E-state index is 6.71. The van der Waals surface area contributed by atoms with E-state index in [0.29, 0.717) is 11.3 Å². The molecule has 0 bridgehead atoms. The topological polar surface area (TPSA) is 30.5 Å². The number of para-hydroxylation sites is 1. The first kappa shape index (κ1) is 21.0. The van der Waals surface area contributed by atoms with Crippen molar-refractivity contribution in [3.63, 3.8) is 0 Å². The van der Waals surface area contributed by atoms with Crippen LogP contribution in [0.5, 0.6) is 5.75 Å². The average Bonchev–Trinajstić information content (AvgIpc) is 2.62. The molecule has 3 heterocycles. The molecule has 0 saturated carbocycles. The minimum absolute atomic E-state index is 0. The smallest absolute Gasteiger partial charge is 0.125 e. The van der Waals surface area contributed by atoms with E-state index in [4.69, 9.17) is 9.47 Å². The highest BCUT2D eigenvalue weighted by molar-refractivity contribution is 5.85. The van der Waals surface area contributed by atoms with Crippen LogP contribution < -0.4 is 10.1 Å². The Balaban J connectivity index is 0.00000210. The average molecular weight is 394 g/mol. The highest BCUT2D eigenvalue weighted by Gasteiger charge is 2.53. The number of hydrogen-bond acceptors (Lipinski definition) is 3. The number of nitrogens with one attached hydrogen (secondary N) is 1. The summed E-state index contributed by atoms with van der Waals surface area (Å²) < 4.78 is 13.3. The molecular formula is C23H36ClNO2. The van der Waals surface area contributed by atoms with Crippen LogP contribution in [-0.2, 0) is 4.74 Å². The molecule has 0 aromatic heterocycles. The Kier molecular flexibility index (Phi) is 6.45. The van der Waals surface area contributed by atoms with Crippen LogP contribution in [0.4, 0.5) is 0 Å². The maximum Gasteiger partial charge on any atom is 0.125 e. The van der Waals surface area contributed by atoms with Gasteiger partial charge in [-0.15, -0.1) is 12.4 Å². The van der Waals surface area contributed by atoms with Gasteiger partial charge in [-0.05, 0) is 69.5 Å². The van der Waals surface area contributed by atoms with Crippen molar-refractivity contribution in [2.75, 3.05) is 19.7 Å². The molecule has 0 radical (unpaired) electrons. The Bertz CT molecular complexity index is 629. The maximum atomic E-state index is 6.71. The van der Waals surface area contributed by atoms with E-state index in [2.05, 4.69) is 50.4 Å². The second-order valence-electron chi connectivity index (χ2n) is 9.53. The largest absolute Gasteiger partial charge is 0.487 e. The van der Waals surface area contributed by atoms with E-state index < -0.39 is 0 Å². The number of fused-ring (bicyclic) bond motifs is 3. The fraction of sp³-hybridized carbons (Fsp3) is 0.739. The summed E-state index contributed by atoms with van der Waals surface area (Å²) in [6.45, 7) is 10.1. The van der Waals surface area contributed by atoms with E-state index in [1.807, 2.05) is 0 Å². The fourth-order valence-electron chi connectivity index (χ4n) is 5.40. The van der Waals surface area contributed by atoms with Crippen molar-refractivity contribution >= 4 is 12.4 Å². The van der Waals surface area contributed by atoms with Crippen molar-refractivity contribution in [1.29, 1.82) is 0 Å². The van der Waals surface area contributed by atoms with Crippen molar-refractivity contribution in [2.45, 2.75) is 71.0 Å². The van der Waals surface area contributed by atoms with E-state index in [1.54, 1.807) is 0 Å². The minimum Gasteiger partial charge on any atom is -0.487 e. The van der Waals surface area contributed by atoms with Crippen LogP contribution in [0, 0.1) is 17.3 Å². The Morgan fingerprint density at radius 3 is 2.67 bits per heavy atom. The molecule has 4 rings (SSSR count). The van der Waals surface area contributed by atoms with Crippen molar-refractivity contribution in [1.82, 2.24) is 5.32 Å². The quantitative estimate of drug-likeness (QED) is 0.729. The van der Waals surface area contributed by atoms with Gasteiger partial charge in [0.25, 0.3) is 0 Å². The number of halogens is 1. The van der Waals surface area contributed by atoms with Gasteiger partial charge in [0.15, 0.2) is 0 Å². The molecule has 4 heteroatoms. The van der Waals surface area contributed by atoms with Crippen LogP contribution in [0.2, 0.25) is 0 Å². The minimum atomic E-state index is -0.119. The number of piperidine rings is 1. The first-order valence-corrected chi connectivity index (χ1v) is 10.6. The van der Waals surface area contributed by atoms with Crippen molar-refractivity contribution < 1.29 is 9.47 Å². The van der Waals surface area contributed by atoms with Gasteiger partial charge in [-0.1, -0.05) is 38.5 Å². The molecule has 1 aromatic carbocycles. The highest BCUT2D eigenvalue weighted by Crippen LogP contribution is 2.56. The Morgan fingerprint density at radius 1 is 1.19 bits per heavy atom. The fourth-order valence-corrected chi connectivity index (χ4v) is 5.40. The van der Waals surface area contributed by atoms with Gasteiger partial charge in [-0.25, -0.2) is 0 Å². The highest BCUT2D eigenvalue weighted by atomic mass is 35.5. The van der Waals surface area contributed by atoms with Gasteiger partial charge in [-0.2, -0.15) is 0 Å². The van der Waals surface area contributed by atoms with Crippen LogP contribution in [0.15, 0.2) is 24.3 Å². The standard InChI is InChI=1S/C23H35NO2.ClH/c1-17(2)7-6-10-22(3)19-15-23(11-13-24-14-12-23)16-25-21(19)18-8-4-5-9-20(18)26-22;/h4-5,8-9,17,19,21,24H,6-7,10-16H2,1-3H3;1H/t19-,21+,22-;/m0./s1. The lowest BCUT2D eigenvalue weighted by atomic mass is 9.63. The van der Waals surface area contributed by atoms with E-state index in [9.17, 15) is 0 Å². The van der Waals surface area contributed by atoms with Crippen LogP contribution in [-0.4, -0.2) is 25.3 Å². The van der Waals surface area contributed by atoms with Crippen molar-refractivity contribution in [3.05, 3.63) is 29.8 Å². The van der Waals surface area contributed by atoms with Crippen molar-refractivity contribution in [2.24, 2.45) is 17.3 Å².